The van der Waals surface area contributed by atoms with Crippen molar-refractivity contribution in [3.8, 4) is 5.69 Å². The largest absolute Gasteiger partial charge is 0.392 e. The van der Waals surface area contributed by atoms with Gasteiger partial charge in [-0.1, -0.05) is 0 Å². The molecule has 2 aromatic rings. The van der Waals surface area contributed by atoms with Gasteiger partial charge in [0.15, 0.2) is 0 Å². The van der Waals surface area contributed by atoms with Crippen molar-refractivity contribution in [3.05, 3.63) is 42.0 Å². The summed E-state index contributed by atoms with van der Waals surface area (Å²) < 4.78 is 1.72. The minimum atomic E-state index is 0.0199. The number of aliphatic hydroxyl groups excluding tert-OH is 1. The highest BCUT2D eigenvalue weighted by Gasteiger charge is 2.04. The molecule has 1 N–H and O–H groups in total. The lowest BCUT2D eigenvalue weighted by Crippen LogP contribution is -1.94. The minimum absolute atomic E-state index is 0.0199. The van der Waals surface area contributed by atoms with E-state index in [1.54, 1.807) is 17.1 Å². The SMILES string of the molecule is Cc1nn(-c2cccnc2)cc1CO. The summed E-state index contributed by atoms with van der Waals surface area (Å²) in [5.41, 5.74) is 2.58. The molecule has 0 saturated heterocycles. The lowest BCUT2D eigenvalue weighted by Gasteiger charge is -1.97. The molecule has 0 aromatic carbocycles. The molecule has 4 nitrogen and oxygen atoms in total. The van der Waals surface area contributed by atoms with Crippen LogP contribution in [-0.4, -0.2) is 19.9 Å². The summed E-state index contributed by atoms with van der Waals surface area (Å²) in [6, 6.07) is 3.77. The normalized spacial score (nSPS) is 10.4. The molecule has 0 atom stereocenters. The van der Waals surface area contributed by atoms with E-state index in [2.05, 4.69) is 10.1 Å². The van der Waals surface area contributed by atoms with Gasteiger partial charge in [0, 0.05) is 18.0 Å². The Morgan fingerprint density at radius 2 is 2.36 bits per heavy atom. The minimum Gasteiger partial charge on any atom is -0.392 e. The molecule has 0 spiro atoms. The molecule has 0 aliphatic rings. The molecule has 0 unspecified atom stereocenters. The number of nitrogens with zero attached hydrogens (tertiary/aromatic N) is 3. The van der Waals surface area contributed by atoms with E-state index in [1.165, 1.54) is 0 Å². The number of aryl methyl sites for hydroxylation is 1. The fraction of sp³-hybridized carbons (Fsp3) is 0.200. The van der Waals surface area contributed by atoms with Crippen LogP contribution < -0.4 is 0 Å². The maximum Gasteiger partial charge on any atom is 0.0828 e. The van der Waals surface area contributed by atoms with Crippen LogP contribution in [0.1, 0.15) is 11.3 Å². The smallest absolute Gasteiger partial charge is 0.0828 e. The van der Waals surface area contributed by atoms with E-state index in [-0.39, 0.29) is 6.61 Å². The van der Waals surface area contributed by atoms with E-state index in [9.17, 15) is 0 Å². The molecule has 0 aliphatic heterocycles. The Morgan fingerprint density at radius 1 is 1.50 bits per heavy atom. The van der Waals surface area contributed by atoms with Crippen molar-refractivity contribution in [1.82, 2.24) is 14.8 Å². The second kappa shape index (κ2) is 3.59. The summed E-state index contributed by atoms with van der Waals surface area (Å²) in [5.74, 6) is 0. The van der Waals surface area contributed by atoms with E-state index in [0.29, 0.717) is 0 Å². The van der Waals surface area contributed by atoms with Crippen molar-refractivity contribution in [3.63, 3.8) is 0 Å². The first kappa shape index (κ1) is 8.90. The molecule has 0 amide bonds. The quantitative estimate of drug-likeness (QED) is 0.768. The zero-order valence-corrected chi connectivity index (χ0v) is 7.88. The van der Waals surface area contributed by atoms with Crippen LogP contribution in [0, 0.1) is 6.92 Å². The first-order valence-corrected chi connectivity index (χ1v) is 4.37. The molecule has 2 heterocycles. The molecule has 2 aromatic heterocycles. The van der Waals surface area contributed by atoms with Gasteiger partial charge in [0.05, 0.1) is 24.2 Å². The third-order valence-electron chi connectivity index (χ3n) is 2.08. The van der Waals surface area contributed by atoms with Gasteiger partial charge in [0.1, 0.15) is 0 Å². The van der Waals surface area contributed by atoms with E-state index >= 15 is 0 Å². The van der Waals surface area contributed by atoms with E-state index < -0.39 is 0 Å². The molecule has 0 radical (unpaired) electrons. The van der Waals surface area contributed by atoms with Crippen LogP contribution in [0.5, 0.6) is 0 Å². The molecular formula is C10H11N3O. The molecular weight excluding hydrogens is 178 g/mol. The van der Waals surface area contributed by atoms with Crippen molar-refractivity contribution in [1.29, 1.82) is 0 Å². The van der Waals surface area contributed by atoms with Crippen LogP contribution in [0.2, 0.25) is 0 Å². The fourth-order valence-corrected chi connectivity index (χ4v) is 1.27. The monoisotopic (exact) mass is 189 g/mol. The van der Waals surface area contributed by atoms with Crippen LogP contribution in [0.25, 0.3) is 5.69 Å². The highest BCUT2D eigenvalue weighted by molar-refractivity contribution is 5.29. The first-order valence-electron chi connectivity index (χ1n) is 4.37. The van der Waals surface area contributed by atoms with Gasteiger partial charge in [0.25, 0.3) is 0 Å². The van der Waals surface area contributed by atoms with E-state index in [1.807, 2.05) is 25.3 Å². The summed E-state index contributed by atoms with van der Waals surface area (Å²) in [6.45, 7) is 1.89. The van der Waals surface area contributed by atoms with Crippen molar-refractivity contribution in [2.45, 2.75) is 13.5 Å². The number of hydrogen-bond acceptors (Lipinski definition) is 3. The summed E-state index contributed by atoms with van der Waals surface area (Å²) in [6.07, 6.45) is 5.26. The van der Waals surface area contributed by atoms with Crippen molar-refractivity contribution < 1.29 is 5.11 Å². The zero-order valence-electron chi connectivity index (χ0n) is 7.88. The average Bonchev–Trinajstić information content (AvgIpc) is 2.61. The number of hydrogen-bond donors (Lipinski definition) is 1. The van der Waals surface area contributed by atoms with Gasteiger partial charge in [0.2, 0.25) is 0 Å². The lowest BCUT2D eigenvalue weighted by molar-refractivity contribution is 0.281. The van der Waals surface area contributed by atoms with Crippen molar-refractivity contribution >= 4 is 0 Å². The average molecular weight is 189 g/mol. The predicted molar refractivity (Wildman–Crippen MR) is 52.0 cm³/mol. The predicted octanol–water partition coefficient (Wildman–Crippen LogP) is 1.07. The summed E-state index contributed by atoms with van der Waals surface area (Å²) in [7, 11) is 0. The Labute approximate surface area is 81.8 Å². The molecule has 4 heteroatoms. The van der Waals surface area contributed by atoms with Crippen LogP contribution in [0.3, 0.4) is 0 Å². The maximum atomic E-state index is 9.01. The highest BCUT2D eigenvalue weighted by atomic mass is 16.3. The third-order valence-corrected chi connectivity index (χ3v) is 2.08. The standard InChI is InChI=1S/C10H11N3O/c1-8-9(7-14)6-13(12-8)10-3-2-4-11-5-10/h2-6,14H,7H2,1H3. The Kier molecular flexibility index (Phi) is 2.28. The second-order valence-corrected chi connectivity index (χ2v) is 3.05. The Bertz CT molecular complexity index is 422. The van der Waals surface area contributed by atoms with Crippen molar-refractivity contribution in [2.75, 3.05) is 0 Å². The van der Waals surface area contributed by atoms with Gasteiger partial charge in [-0.25, -0.2) is 4.68 Å². The van der Waals surface area contributed by atoms with E-state index in [0.717, 1.165) is 16.9 Å². The van der Waals surface area contributed by atoms with Crippen molar-refractivity contribution in [2.24, 2.45) is 0 Å². The van der Waals surface area contributed by atoms with Gasteiger partial charge in [-0.05, 0) is 19.1 Å². The molecule has 0 saturated carbocycles. The zero-order chi connectivity index (χ0) is 9.97. The van der Waals surface area contributed by atoms with Crippen LogP contribution in [-0.2, 0) is 6.61 Å². The number of aromatic nitrogens is 3. The topological polar surface area (TPSA) is 50.9 Å². The Balaban J connectivity index is 2.43. The Hall–Kier alpha value is -1.68. The Morgan fingerprint density at radius 3 is 2.93 bits per heavy atom. The van der Waals surface area contributed by atoms with Crippen LogP contribution >= 0.6 is 0 Å². The molecule has 14 heavy (non-hydrogen) atoms. The molecule has 0 fully saturated rings. The maximum absolute atomic E-state index is 9.01. The summed E-state index contributed by atoms with van der Waals surface area (Å²) in [5, 5.41) is 13.3. The third kappa shape index (κ3) is 1.52. The number of aliphatic hydroxyl groups is 1. The molecule has 2 rings (SSSR count). The summed E-state index contributed by atoms with van der Waals surface area (Å²) in [4.78, 5) is 4.00. The lowest BCUT2D eigenvalue weighted by atomic mass is 10.3. The van der Waals surface area contributed by atoms with Gasteiger partial charge >= 0.3 is 0 Å². The van der Waals surface area contributed by atoms with Crippen LogP contribution in [0.15, 0.2) is 30.7 Å². The van der Waals surface area contributed by atoms with Gasteiger partial charge in [-0.15, -0.1) is 0 Å². The fourth-order valence-electron chi connectivity index (χ4n) is 1.27. The molecule has 0 aliphatic carbocycles. The van der Waals surface area contributed by atoms with Gasteiger partial charge < -0.3 is 5.11 Å². The van der Waals surface area contributed by atoms with Gasteiger partial charge in [-0.3, -0.25) is 4.98 Å². The second-order valence-electron chi connectivity index (χ2n) is 3.05. The van der Waals surface area contributed by atoms with Crippen LogP contribution in [0.4, 0.5) is 0 Å². The van der Waals surface area contributed by atoms with E-state index in [4.69, 9.17) is 5.11 Å². The summed E-state index contributed by atoms with van der Waals surface area (Å²) >= 11 is 0. The number of pyridine rings is 1. The highest BCUT2D eigenvalue weighted by Crippen LogP contribution is 2.10. The number of rotatable bonds is 2. The molecule has 72 valence electrons. The van der Waals surface area contributed by atoms with Gasteiger partial charge in [-0.2, -0.15) is 5.10 Å². The molecule has 0 bridgehead atoms. The first-order chi connectivity index (χ1) is 6.81.